The average Bonchev–Trinajstić information content (AvgIpc) is 3.25. The zero-order valence-electron chi connectivity index (χ0n) is 18.3. The van der Waals surface area contributed by atoms with Crippen molar-refractivity contribution in [2.24, 2.45) is 5.92 Å². The Morgan fingerprint density at radius 2 is 1.79 bits per heavy atom. The Morgan fingerprint density at radius 1 is 1.12 bits per heavy atom. The number of hydrogen-bond acceptors (Lipinski definition) is 5. The van der Waals surface area contributed by atoms with Gasteiger partial charge in [0.25, 0.3) is 0 Å². The van der Waals surface area contributed by atoms with E-state index < -0.39 is 28.4 Å². The SMILES string of the molecule is COc1ccc(C(NC(=O)C2CC(=O)N(c3ccc(F)c([N+](=O)[O-])c3)C2)c2ccccc2)cc1. The molecule has 0 bridgehead atoms. The Bertz CT molecular complexity index is 1220. The van der Waals surface area contributed by atoms with E-state index in [1.807, 2.05) is 42.5 Å². The van der Waals surface area contributed by atoms with Gasteiger partial charge in [-0.05, 0) is 35.4 Å². The minimum Gasteiger partial charge on any atom is -0.497 e. The fourth-order valence-corrected chi connectivity index (χ4v) is 4.00. The number of amides is 2. The summed E-state index contributed by atoms with van der Waals surface area (Å²) in [7, 11) is 1.57. The molecule has 0 aromatic heterocycles. The van der Waals surface area contributed by atoms with Crippen molar-refractivity contribution in [2.75, 3.05) is 18.6 Å². The first-order valence-corrected chi connectivity index (χ1v) is 10.6. The highest BCUT2D eigenvalue weighted by atomic mass is 19.1. The van der Waals surface area contributed by atoms with Crippen molar-refractivity contribution >= 4 is 23.2 Å². The van der Waals surface area contributed by atoms with Crippen molar-refractivity contribution in [1.82, 2.24) is 5.32 Å². The zero-order chi connectivity index (χ0) is 24.2. The fraction of sp³-hybridized carbons (Fsp3) is 0.200. The molecule has 0 spiro atoms. The number of ether oxygens (including phenoxy) is 1. The highest BCUT2D eigenvalue weighted by Gasteiger charge is 2.37. The molecule has 2 atom stereocenters. The second-order valence-electron chi connectivity index (χ2n) is 7.92. The maximum absolute atomic E-state index is 13.7. The van der Waals surface area contributed by atoms with Crippen LogP contribution in [0.4, 0.5) is 15.8 Å². The van der Waals surface area contributed by atoms with E-state index in [0.29, 0.717) is 5.75 Å². The predicted molar refractivity (Wildman–Crippen MR) is 123 cm³/mol. The van der Waals surface area contributed by atoms with Crippen LogP contribution in [-0.2, 0) is 9.59 Å². The van der Waals surface area contributed by atoms with Gasteiger partial charge in [-0.15, -0.1) is 0 Å². The van der Waals surface area contributed by atoms with Gasteiger partial charge >= 0.3 is 5.69 Å². The largest absolute Gasteiger partial charge is 0.497 e. The summed E-state index contributed by atoms with van der Waals surface area (Å²) in [5, 5.41) is 14.1. The zero-order valence-corrected chi connectivity index (χ0v) is 18.3. The summed E-state index contributed by atoms with van der Waals surface area (Å²) >= 11 is 0. The molecule has 0 saturated carbocycles. The van der Waals surface area contributed by atoms with E-state index in [2.05, 4.69) is 5.32 Å². The van der Waals surface area contributed by atoms with Gasteiger partial charge in [0.15, 0.2) is 0 Å². The molecule has 0 aliphatic carbocycles. The molecule has 4 rings (SSSR count). The monoisotopic (exact) mass is 463 g/mol. The summed E-state index contributed by atoms with van der Waals surface area (Å²) in [6.45, 7) is 0.0393. The Labute approximate surface area is 195 Å². The van der Waals surface area contributed by atoms with E-state index in [1.54, 1.807) is 19.2 Å². The van der Waals surface area contributed by atoms with E-state index in [-0.39, 0.29) is 30.5 Å². The number of methoxy groups -OCH3 is 1. The summed E-state index contributed by atoms with van der Waals surface area (Å²) in [5.74, 6) is -1.65. The topological polar surface area (TPSA) is 102 Å². The van der Waals surface area contributed by atoms with Crippen molar-refractivity contribution in [3.05, 3.63) is 99.9 Å². The van der Waals surface area contributed by atoms with Gasteiger partial charge in [-0.2, -0.15) is 4.39 Å². The number of carbonyl (C=O) groups is 2. The lowest BCUT2D eigenvalue weighted by Gasteiger charge is -2.22. The van der Waals surface area contributed by atoms with Crippen LogP contribution in [0.15, 0.2) is 72.8 Å². The molecule has 1 fully saturated rings. The summed E-state index contributed by atoms with van der Waals surface area (Å²) in [6, 6.07) is 19.6. The molecule has 1 heterocycles. The highest BCUT2D eigenvalue weighted by molar-refractivity contribution is 6.00. The number of anilines is 1. The number of benzene rings is 3. The number of nitrogens with one attached hydrogen (secondary N) is 1. The number of hydrogen-bond donors (Lipinski definition) is 1. The number of rotatable bonds is 7. The minimum absolute atomic E-state index is 0.0393. The molecular weight excluding hydrogens is 441 g/mol. The van der Waals surface area contributed by atoms with Crippen LogP contribution in [0.2, 0.25) is 0 Å². The molecule has 9 heteroatoms. The maximum Gasteiger partial charge on any atom is 0.306 e. The van der Waals surface area contributed by atoms with Crippen LogP contribution in [0.1, 0.15) is 23.6 Å². The van der Waals surface area contributed by atoms with Crippen LogP contribution in [0.3, 0.4) is 0 Å². The lowest BCUT2D eigenvalue weighted by atomic mass is 9.97. The standard InChI is InChI=1S/C25H22FN3O5/c1-34-20-10-7-17(8-11-20)24(16-5-3-2-4-6-16)27-25(31)18-13-23(30)28(15-18)19-9-12-21(26)22(14-19)29(32)33/h2-12,14,18,24H,13,15H2,1H3,(H,27,31). The van der Waals surface area contributed by atoms with Crippen molar-refractivity contribution in [2.45, 2.75) is 12.5 Å². The summed E-state index contributed by atoms with van der Waals surface area (Å²) in [4.78, 5) is 37.3. The van der Waals surface area contributed by atoms with Gasteiger partial charge in [0, 0.05) is 19.0 Å². The van der Waals surface area contributed by atoms with Crippen LogP contribution in [-0.4, -0.2) is 30.4 Å². The third kappa shape index (κ3) is 4.73. The molecule has 174 valence electrons. The smallest absolute Gasteiger partial charge is 0.306 e. The average molecular weight is 463 g/mol. The van der Waals surface area contributed by atoms with Crippen LogP contribution >= 0.6 is 0 Å². The molecule has 8 nitrogen and oxygen atoms in total. The third-order valence-electron chi connectivity index (χ3n) is 5.80. The van der Waals surface area contributed by atoms with Gasteiger partial charge in [0.1, 0.15) is 5.75 Å². The van der Waals surface area contributed by atoms with Gasteiger partial charge in [-0.3, -0.25) is 19.7 Å². The quantitative estimate of drug-likeness (QED) is 0.422. The van der Waals surface area contributed by atoms with Crippen molar-refractivity contribution < 1.29 is 23.6 Å². The fourth-order valence-electron chi connectivity index (χ4n) is 4.00. The van der Waals surface area contributed by atoms with E-state index in [0.717, 1.165) is 23.3 Å². The summed E-state index contributed by atoms with van der Waals surface area (Å²) < 4.78 is 18.9. The first kappa shape index (κ1) is 22.9. The Hall–Kier alpha value is -4.27. The van der Waals surface area contributed by atoms with Crippen molar-refractivity contribution in [1.29, 1.82) is 0 Å². The van der Waals surface area contributed by atoms with E-state index in [9.17, 15) is 24.1 Å². The molecule has 1 N–H and O–H groups in total. The van der Waals surface area contributed by atoms with Gasteiger partial charge in [0.05, 0.1) is 29.7 Å². The van der Waals surface area contributed by atoms with Crippen molar-refractivity contribution in [3.8, 4) is 5.75 Å². The molecule has 0 radical (unpaired) electrons. The summed E-state index contributed by atoms with van der Waals surface area (Å²) in [6.07, 6.45) is -0.0544. The van der Waals surface area contributed by atoms with Gasteiger partial charge in [0.2, 0.25) is 17.6 Å². The van der Waals surface area contributed by atoms with Gasteiger partial charge in [-0.25, -0.2) is 0 Å². The normalized spacial score (nSPS) is 16.2. The first-order chi connectivity index (χ1) is 16.4. The van der Waals surface area contributed by atoms with Crippen LogP contribution in [0.5, 0.6) is 5.75 Å². The maximum atomic E-state index is 13.7. The lowest BCUT2D eigenvalue weighted by molar-refractivity contribution is -0.387. The van der Waals surface area contributed by atoms with Crippen LogP contribution in [0.25, 0.3) is 0 Å². The Balaban J connectivity index is 1.55. The summed E-state index contributed by atoms with van der Waals surface area (Å²) in [5.41, 5.74) is 1.18. The Kier molecular flexibility index (Phi) is 6.53. The molecular formula is C25H22FN3O5. The molecule has 1 aliphatic heterocycles. The molecule has 3 aromatic rings. The number of carbonyl (C=O) groups excluding carboxylic acids is 2. The molecule has 34 heavy (non-hydrogen) atoms. The lowest BCUT2D eigenvalue weighted by Crippen LogP contribution is -2.36. The number of nitro benzene ring substituents is 1. The van der Waals surface area contributed by atoms with Crippen molar-refractivity contribution in [3.63, 3.8) is 0 Å². The van der Waals surface area contributed by atoms with Crippen LogP contribution < -0.4 is 15.0 Å². The molecule has 1 aliphatic rings. The predicted octanol–water partition coefficient (Wildman–Crippen LogP) is 4.00. The second kappa shape index (κ2) is 9.70. The van der Waals surface area contributed by atoms with E-state index in [4.69, 9.17) is 4.74 Å². The third-order valence-corrected chi connectivity index (χ3v) is 5.80. The van der Waals surface area contributed by atoms with Gasteiger partial charge < -0.3 is 15.0 Å². The van der Waals surface area contributed by atoms with Gasteiger partial charge in [-0.1, -0.05) is 42.5 Å². The Morgan fingerprint density at radius 3 is 2.44 bits per heavy atom. The van der Waals surface area contributed by atoms with E-state index in [1.165, 1.54) is 11.0 Å². The van der Waals surface area contributed by atoms with Crippen LogP contribution in [0, 0.1) is 21.8 Å². The second-order valence-corrected chi connectivity index (χ2v) is 7.92. The minimum atomic E-state index is -0.986. The van der Waals surface area contributed by atoms with E-state index >= 15 is 0 Å². The number of nitro groups is 1. The molecule has 3 aromatic carbocycles. The number of halogens is 1. The molecule has 2 unspecified atom stereocenters. The molecule has 2 amide bonds. The molecule has 1 saturated heterocycles. The highest BCUT2D eigenvalue weighted by Crippen LogP contribution is 2.31. The first-order valence-electron chi connectivity index (χ1n) is 10.6. The number of nitrogens with zero attached hydrogens (tertiary/aromatic N) is 2.